The third-order valence-corrected chi connectivity index (χ3v) is 4.65. The van der Waals surface area contributed by atoms with Crippen molar-refractivity contribution in [2.24, 2.45) is 7.05 Å². The largest absolute Gasteiger partial charge is 0.311 e. The fourth-order valence-corrected chi connectivity index (χ4v) is 3.50. The van der Waals surface area contributed by atoms with Gasteiger partial charge in [0.15, 0.2) is 5.65 Å². The van der Waals surface area contributed by atoms with Gasteiger partial charge in [-0.15, -0.1) is 0 Å². The van der Waals surface area contributed by atoms with E-state index < -0.39 is 0 Å². The van der Waals surface area contributed by atoms with Crippen molar-refractivity contribution in [1.82, 2.24) is 14.8 Å². The van der Waals surface area contributed by atoms with E-state index in [1.54, 1.807) is 16.6 Å². The van der Waals surface area contributed by atoms with E-state index in [1.165, 1.54) is 0 Å². The first kappa shape index (κ1) is 16.6. The fraction of sp³-hybridized carbons (Fsp3) is 0.278. The topological polar surface area (TPSA) is 51.0 Å². The second kappa shape index (κ2) is 6.02. The van der Waals surface area contributed by atoms with E-state index in [2.05, 4.69) is 26.0 Å². The maximum absolute atomic E-state index is 13.2. The number of nitrogens with zero attached hydrogens (tertiary/aromatic N) is 4. The van der Waals surface area contributed by atoms with Crippen LogP contribution in [-0.2, 0) is 7.05 Å². The number of carbonyl (C=O) groups is 1. The van der Waals surface area contributed by atoms with Gasteiger partial charge in [0.2, 0.25) is 0 Å². The van der Waals surface area contributed by atoms with Crippen LogP contribution in [0.15, 0.2) is 28.7 Å². The lowest BCUT2D eigenvalue weighted by molar-refractivity contribution is 0.0994. The van der Waals surface area contributed by atoms with Crippen LogP contribution in [0.1, 0.15) is 27.3 Å². The summed E-state index contributed by atoms with van der Waals surface area (Å²) in [6.45, 7) is 5.79. The first-order chi connectivity index (χ1) is 11.3. The predicted octanol–water partition coefficient (Wildman–Crippen LogP) is 3.93. The summed E-state index contributed by atoms with van der Waals surface area (Å²) in [6.07, 6.45) is 0. The highest BCUT2D eigenvalue weighted by atomic mass is 79.9. The summed E-state index contributed by atoms with van der Waals surface area (Å²) >= 11 is 3.46. The molecule has 124 valence electrons. The third kappa shape index (κ3) is 2.71. The van der Waals surface area contributed by atoms with E-state index in [0.29, 0.717) is 5.56 Å². The van der Waals surface area contributed by atoms with Gasteiger partial charge >= 0.3 is 0 Å². The van der Waals surface area contributed by atoms with Crippen molar-refractivity contribution in [2.45, 2.75) is 20.8 Å². The molecule has 1 amide bonds. The molecular formula is C18H19BrN4O. The van der Waals surface area contributed by atoms with Crippen LogP contribution in [-0.4, -0.2) is 27.7 Å². The van der Waals surface area contributed by atoms with Crippen molar-refractivity contribution >= 4 is 38.6 Å². The number of aromatic nitrogens is 3. The molecule has 0 unspecified atom stereocenters. The molecule has 5 nitrogen and oxygen atoms in total. The van der Waals surface area contributed by atoms with Crippen LogP contribution >= 0.6 is 15.9 Å². The normalized spacial score (nSPS) is 11.1. The minimum atomic E-state index is -0.0629. The molecule has 0 aliphatic heterocycles. The summed E-state index contributed by atoms with van der Waals surface area (Å²) in [7, 11) is 3.64. The SMILES string of the molecule is Cc1cc(C(=O)N(C)c2ccc(Br)cc2C)c2c(C)nn(C)c2n1. The Balaban J connectivity index is 2.14. The number of rotatable bonds is 2. The molecule has 0 fully saturated rings. The second-order valence-electron chi connectivity index (χ2n) is 6.01. The Labute approximate surface area is 149 Å². The smallest absolute Gasteiger partial charge is 0.258 e. The second-order valence-corrected chi connectivity index (χ2v) is 6.93. The van der Waals surface area contributed by atoms with Crippen LogP contribution in [0.5, 0.6) is 0 Å². The van der Waals surface area contributed by atoms with Gasteiger partial charge in [0.25, 0.3) is 5.91 Å². The van der Waals surface area contributed by atoms with Gasteiger partial charge in [0, 0.05) is 29.9 Å². The molecule has 2 aromatic heterocycles. The highest BCUT2D eigenvalue weighted by Crippen LogP contribution is 2.27. The molecule has 6 heteroatoms. The number of carbonyl (C=O) groups excluding carboxylic acids is 1. The van der Waals surface area contributed by atoms with Gasteiger partial charge in [0.05, 0.1) is 16.6 Å². The monoisotopic (exact) mass is 386 g/mol. The summed E-state index contributed by atoms with van der Waals surface area (Å²) in [4.78, 5) is 19.4. The van der Waals surface area contributed by atoms with Crippen molar-refractivity contribution in [2.75, 3.05) is 11.9 Å². The Morgan fingerprint density at radius 3 is 2.58 bits per heavy atom. The van der Waals surface area contributed by atoms with Crippen LogP contribution in [0.2, 0.25) is 0 Å². The lowest BCUT2D eigenvalue weighted by Crippen LogP contribution is -2.27. The van der Waals surface area contributed by atoms with Gasteiger partial charge in [0.1, 0.15) is 0 Å². The highest BCUT2D eigenvalue weighted by molar-refractivity contribution is 9.10. The summed E-state index contributed by atoms with van der Waals surface area (Å²) < 4.78 is 2.72. The minimum Gasteiger partial charge on any atom is -0.311 e. The highest BCUT2D eigenvalue weighted by Gasteiger charge is 2.22. The van der Waals surface area contributed by atoms with E-state index in [1.807, 2.05) is 52.1 Å². The van der Waals surface area contributed by atoms with Crippen molar-refractivity contribution in [3.8, 4) is 0 Å². The standard InChI is InChI=1S/C18H19BrN4O/c1-10-8-13(19)6-7-15(10)22(4)18(24)14-9-11(2)20-17-16(14)12(3)21-23(17)5/h6-9H,1-5H3. The van der Waals surface area contributed by atoms with E-state index in [-0.39, 0.29) is 5.91 Å². The molecule has 0 saturated heterocycles. The Kier molecular flexibility index (Phi) is 4.17. The van der Waals surface area contributed by atoms with Gasteiger partial charge < -0.3 is 4.90 Å². The third-order valence-electron chi connectivity index (χ3n) is 4.15. The summed E-state index contributed by atoms with van der Waals surface area (Å²) in [5.41, 5.74) is 4.89. The maximum Gasteiger partial charge on any atom is 0.258 e. The van der Waals surface area contributed by atoms with E-state index >= 15 is 0 Å². The number of benzene rings is 1. The summed E-state index contributed by atoms with van der Waals surface area (Å²) in [6, 6.07) is 7.72. The fourth-order valence-electron chi connectivity index (χ4n) is 3.02. The maximum atomic E-state index is 13.2. The number of aryl methyl sites for hydroxylation is 4. The van der Waals surface area contributed by atoms with Gasteiger partial charge in [-0.1, -0.05) is 15.9 Å². The van der Waals surface area contributed by atoms with Gasteiger partial charge in [-0.25, -0.2) is 4.98 Å². The minimum absolute atomic E-state index is 0.0629. The van der Waals surface area contributed by atoms with Gasteiger partial charge in [-0.2, -0.15) is 5.10 Å². The Bertz CT molecular complexity index is 961. The van der Waals surface area contributed by atoms with Gasteiger partial charge in [-0.05, 0) is 50.6 Å². The average molecular weight is 387 g/mol. The molecule has 3 aromatic rings. The van der Waals surface area contributed by atoms with E-state index in [0.717, 1.165) is 38.1 Å². The Morgan fingerprint density at radius 2 is 1.92 bits per heavy atom. The number of anilines is 1. The van der Waals surface area contributed by atoms with E-state index in [4.69, 9.17) is 0 Å². The molecule has 2 heterocycles. The number of fused-ring (bicyclic) bond motifs is 1. The molecule has 0 radical (unpaired) electrons. The molecule has 3 rings (SSSR count). The molecule has 0 bridgehead atoms. The van der Waals surface area contributed by atoms with Crippen molar-refractivity contribution in [1.29, 1.82) is 0 Å². The molecule has 0 spiro atoms. The zero-order chi connectivity index (χ0) is 17.6. The number of halogens is 1. The molecule has 0 saturated carbocycles. The molecule has 0 aliphatic carbocycles. The molecule has 0 aliphatic rings. The first-order valence-electron chi connectivity index (χ1n) is 7.64. The summed E-state index contributed by atoms with van der Waals surface area (Å²) in [5.74, 6) is -0.0629. The van der Waals surface area contributed by atoms with E-state index in [9.17, 15) is 4.79 Å². The Hall–Kier alpha value is -2.21. The molecule has 0 atom stereocenters. The molecule has 24 heavy (non-hydrogen) atoms. The predicted molar refractivity (Wildman–Crippen MR) is 99.6 cm³/mol. The van der Waals surface area contributed by atoms with Gasteiger partial charge in [-0.3, -0.25) is 9.48 Å². The average Bonchev–Trinajstić information content (AvgIpc) is 2.79. The lowest BCUT2D eigenvalue weighted by atomic mass is 10.1. The van der Waals surface area contributed by atoms with Crippen LogP contribution in [0.4, 0.5) is 5.69 Å². The molecule has 1 aromatic carbocycles. The lowest BCUT2D eigenvalue weighted by Gasteiger charge is -2.20. The number of hydrogen-bond acceptors (Lipinski definition) is 3. The Morgan fingerprint density at radius 1 is 1.21 bits per heavy atom. The van der Waals surface area contributed by atoms with Crippen LogP contribution < -0.4 is 4.90 Å². The van der Waals surface area contributed by atoms with Crippen molar-refractivity contribution in [3.63, 3.8) is 0 Å². The summed E-state index contributed by atoms with van der Waals surface area (Å²) in [5, 5.41) is 5.23. The number of hydrogen-bond donors (Lipinski definition) is 0. The zero-order valence-electron chi connectivity index (χ0n) is 14.4. The quantitative estimate of drug-likeness (QED) is 0.670. The van der Waals surface area contributed by atoms with Crippen molar-refractivity contribution in [3.05, 3.63) is 51.3 Å². The molecule has 0 N–H and O–H groups in total. The van der Waals surface area contributed by atoms with Crippen molar-refractivity contribution < 1.29 is 4.79 Å². The zero-order valence-corrected chi connectivity index (χ0v) is 16.0. The molecular weight excluding hydrogens is 368 g/mol. The van der Waals surface area contributed by atoms with Crippen LogP contribution in [0, 0.1) is 20.8 Å². The van der Waals surface area contributed by atoms with Crippen LogP contribution in [0.3, 0.4) is 0 Å². The number of amides is 1. The van der Waals surface area contributed by atoms with Crippen LogP contribution in [0.25, 0.3) is 11.0 Å². The first-order valence-corrected chi connectivity index (χ1v) is 8.44. The number of pyridine rings is 1.